The third-order valence-electron chi connectivity index (χ3n) is 3.47. The SMILES string of the molecule is CCC[C@H](NC(=O)NCCOC1CCCCC1)C(=O)O. The Morgan fingerprint density at radius 1 is 1.30 bits per heavy atom. The smallest absolute Gasteiger partial charge is 0.326 e. The van der Waals surface area contributed by atoms with Gasteiger partial charge in [0.1, 0.15) is 6.04 Å². The van der Waals surface area contributed by atoms with E-state index >= 15 is 0 Å². The second-order valence-electron chi connectivity index (χ2n) is 5.21. The summed E-state index contributed by atoms with van der Waals surface area (Å²) in [5, 5.41) is 14.0. The first-order chi connectivity index (χ1) is 9.63. The summed E-state index contributed by atoms with van der Waals surface area (Å²) in [5.41, 5.74) is 0. The van der Waals surface area contributed by atoms with Gasteiger partial charge in [-0.15, -0.1) is 0 Å². The van der Waals surface area contributed by atoms with Crippen molar-refractivity contribution in [2.24, 2.45) is 0 Å². The fourth-order valence-corrected chi connectivity index (χ4v) is 2.38. The van der Waals surface area contributed by atoms with E-state index in [1.54, 1.807) is 0 Å². The van der Waals surface area contributed by atoms with E-state index in [-0.39, 0.29) is 0 Å². The van der Waals surface area contributed by atoms with Crippen molar-refractivity contribution in [2.75, 3.05) is 13.2 Å². The van der Waals surface area contributed by atoms with Gasteiger partial charge in [-0.1, -0.05) is 32.6 Å². The van der Waals surface area contributed by atoms with Gasteiger partial charge < -0.3 is 20.5 Å². The lowest BCUT2D eigenvalue weighted by Crippen LogP contribution is -2.46. The van der Waals surface area contributed by atoms with E-state index in [9.17, 15) is 9.59 Å². The number of rotatable bonds is 8. The van der Waals surface area contributed by atoms with Crippen LogP contribution in [-0.2, 0) is 9.53 Å². The largest absolute Gasteiger partial charge is 0.480 e. The van der Waals surface area contributed by atoms with E-state index in [2.05, 4.69) is 10.6 Å². The predicted octanol–water partition coefficient (Wildman–Crippen LogP) is 1.89. The molecular formula is C14H26N2O4. The van der Waals surface area contributed by atoms with Gasteiger partial charge in [-0.2, -0.15) is 0 Å². The standard InChI is InChI=1S/C14H26N2O4/c1-2-6-12(13(17)18)16-14(19)15-9-10-20-11-7-4-3-5-8-11/h11-12H,2-10H2,1H3,(H,17,18)(H2,15,16,19)/t12-/m0/s1. The lowest BCUT2D eigenvalue weighted by Gasteiger charge is -2.22. The molecule has 0 aromatic carbocycles. The molecule has 20 heavy (non-hydrogen) atoms. The van der Waals surface area contributed by atoms with E-state index in [0.717, 1.165) is 12.8 Å². The van der Waals surface area contributed by atoms with Crippen LogP contribution in [0.4, 0.5) is 4.79 Å². The number of carbonyl (C=O) groups excluding carboxylic acids is 1. The number of carboxylic acids is 1. The summed E-state index contributed by atoms with van der Waals surface area (Å²) in [4.78, 5) is 22.4. The van der Waals surface area contributed by atoms with Gasteiger partial charge in [0, 0.05) is 6.54 Å². The Kier molecular flexibility index (Phi) is 8.02. The topological polar surface area (TPSA) is 87.7 Å². The zero-order valence-electron chi connectivity index (χ0n) is 12.2. The van der Waals surface area contributed by atoms with Crippen molar-refractivity contribution >= 4 is 12.0 Å². The fourth-order valence-electron chi connectivity index (χ4n) is 2.38. The van der Waals surface area contributed by atoms with E-state index in [1.807, 2.05) is 6.92 Å². The van der Waals surface area contributed by atoms with E-state index in [4.69, 9.17) is 9.84 Å². The molecule has 0 bridgehead atoms. The monoisotopic (exact) mass is 286 g/mol. The zero-order chi connectivity index (χ0) is 14.8. The van der Waals surface area contributed by atoms with Crippen LogP contribution in [0.3, 0.4) is 0 Å². The Balaban J connectivity index is 2.10. The number of hydrogen-bond donors (Lipinski definition) is 3. The van der Waals surface area contributed by atoms with Crippen LogP contribution < -0.4 is 10.6 Å². The quantitative estimate of drug-likeness (QED) is 0.595. The van der Waals surface area contributed by atoms with Gasteiger partial charge in [-0.25, -0.2) is 9.59 Å². The molecule has 0 aromatic rings. The molecule has 0 spiro atoms. The highest BCUT2D eigenvalue weighted by atomic mass is 16.5. The molecule has 0 heterocycles. The molecule has 0 unspecified atom stereocenters. The van der Waals surface area contributed by atoms with Crippen molar-refractivity contribution in [2.45, 2.75) is 64.0 Å². The number of urea groups is 1. The van der Waals surface area contributed by atoms with Crippen molar-refractivity contribution in [3.8, 4) is 0 Å². The molecule has 0 aliphatic heterocycles. The molecule has 0 aromatic heterocycles. The zero-order valence-corrected chi connectivity index (χ0v) is 12.2. The molecule has 1 aliphatic rings. The van der Waals surface area contributed by atoms with Gasteiger partial charge in [0.25, 0.3) is 0 Å². The first-order valence-corrected chi connectivity index (χ1v) is 7.52. The van der Waals surface area contributed by atoms with Crippen LogP contribution >= 0.6 is 0 Å². The van der Waals surface area contributed by atoms with Crippen molar-refractivity contribution in [3.05, 3.63) is 0 Å². The van der Waals surface area contributed by atoms with Crippen LogP contribution in [0.15, 0.2) is 0 Å². The Bertz CT molecular complexity index is 304. The maximum Gasteiger partial charge on any atom is 0.326 e. The summed E-state index contributed by atoms with van der Waals surface area (Å²) in [5.74, 6) is -1.000. The highest BCUT2D eigenvalue weighted by Crippen LogP contribution is 2.19. The molecule has 1 rings (SSSR count). The van der Waals surface area contributed by atoms with Crippen LogP contribution in [0, 0.1) is 0 Å². The first-order valence-electron chi connectivity index (χ1n) is 7.52. The molecule has 0 radical (unpaired) electrons. The Morgan fingerprint density at radius 3 is 2.60 bits per heavy atom. The van der Waals surface area contributed by atoms with Crippen molar-refractivity contribution in [3.63, 3.8) is 0 Å². The van der Waals surface area contributed by atoms with Gasteiger partial charge in [0.05, 0.1) is 12.7 Å². The number of hydrogen-bond acceptors (Lipinski definition) is 3. The van der Waals surface area contributed by atoms with Crippen molar-refractivity contribution < 1.29 is 19.4 Å². The molecule has 6 nitrogen and oxygen atoms in total. The molecule has 0 saturated heterocycles. The molecular weight excluding hydrogens is 260 g/mol. The molecule has 6 heteroatoms. The highest BCUT2D eigenvalue weighted by molar-refractivity contribution is 5.82. The lowest BCUT2D eigenvalue weighted by atomic mass is 9.98. The van der Waals surface area contributed by atoms with E-state index in [1.165, 1.54) is 19.3 Å². The highest BCUT2D eigenvalue weighted by Gasteiger charge is 2.18. The summed E-state index contributed by atoms with van der Waals surface area (Å²) in [6.07, 6.45) is 7.39. The van der Waals surface area contributed by atoms with Crippen molar-refractivity contribution in [1.82, 2.24) is 10.6 Å². The molecule has 1 atom stereocenters. The maximum absolute atomic E-state index is 11.5. The number of carboxylic acid groups (broad SMARTS) is 1. The van der Waals surface area contributed by atoms with Crippen LogP contribution in [0.1, 0.15) is 51.9 Å². The van der Waals surface area contributed by atoms with Gasteiger partial charge in [-0.3, -0.25) is 0 Å². The molecule has 2 amide bonds. The summed E-state index contributed by atoms with van der Waals surface area (Å²) >= 11 is 0. The van der Waals surface area contributed by atoms with Gasteiger partial charge in [-0.05, 0) is 19.3 Å². The number of aliphatic carboxylic acids is 1. The average molecular weight is 286 g/mol. The maximum atomic E-state index is 11.5. The summed E-state index contributed by atoms with van der Waals surface area (Å²) in [6, 6.07) is -1.27. The van der Waals surface area contributed by atoms with Crippen LogP contribution in [0.2, 0.25) is 0 Å². The molecule has 1 saturated carbocycles. The van der Waals surface area contributed by atoms with Crippen LogP contribution in [-0.4, -0.2) is 42.4 Å². The Hall–Kier alpha value is -1.30. The first kappa shape index (κ1) is 16.8. The van der Waals surface area contributed by atoms with Gasteiger partial charge in [0.2, 0.25) is 0 Å². The minimum absolute atomic E-state index is 0.320. The average Bonchev–Trinajstić information content (AvgIpc) is 2.44. The van der Waals surface area contributed by atoms with Crippen LogP contribution in [0.5, 0.6) is 0 Å². The Labute approximate surface area is 120 Å². The minimum Gasteiger partial charge on any atom is -0.480 e. The van der Waals surface area contributed by atoms with Crippen molar-refractivity contribution in [1.29, 1.82) is 0 Å². The van der Waals surface area contributed by atoms with Crippen LogP contribution in [0.25, 0.3) is 0 Å². The third kappa shape index (κ3) is 6.75. The summed E-state index contributed by atoms with van der Waals surface area (Å²) in [6.45, 7) is 2.76. The molecule has 3 N–H and O–H groups in total. The molecule has 1 aliphatic carbocycles. The normalized spacial score (nSPS) is 17.4. The Morgan fingerprint density at radius 2 is 2.00 bits per heavy atom. The minimum atomic E-state index is -1.000. The fraction of sp³-hybridized carbons (Fsp3) is 0.857. The number of ether oxygens (including phenoxy) is 1. The number of nitrogens with one attached hydrogen (secondary N) is 2. The molecule has 116 valence electrons. The third-order valence-corrected chi connectivity index (χ3v) is 3.47. The van der Waals surface area contributed by atoms with E-state index < -0.39 is 18.0 Å². The van der Waals surface area contributed by atoms with Gasteiger partial charge >= 0.3 is 12.0 Å². The second kappa shape index (κ2) is 9.58. The summed E-state index contributed by atoms with van der Waals surface area (Å²) < 4.78 is 5.67. The number of amides is 2. The summed E-state index contributed by atoms with van der Waals surface area (Å²) in [7, 11) is 0. The lowest BCUT2D eigenvalue weighted by molar-refractivity contribution is -0.139. The molecule has 1 fully saturated rings. The second-order valence-corrected chi connectivity index (χ2v) is 5.21. The predicted molar refractivity (Wildman–Crippen MR) is 75.7 cm³/mol. The van der Waals surface area contributed by atoms with E-state index in [0.29, 0.717) is 32.1 Å². The number of carbonyl (C=O) groups is 2. The van der Waals surface area contributed by atoms with Gasteiger partial charge in [0.15, 0.2) is 0 Å².